The predicted octanol–water partition coefficient (Wildman–Crippen LogP) is 2.52. The summed E-state index contributed by atoms with van der Waals surface area (Å²) in [6.07, 6.45) is 5.51. The quantitative estimate of drug-likeness (QED) is 0.741. The van der Waals surface area contributed by atoms with E-state index in [1.54, 1.807) is 0 Å². The Balaban J connectivity index is 1.67. The Morgan fingerprint density at radius 2 is 2.04 bits per heavy atom. The van der Waals surface area contributed by atoms with Gasteiger partial charge in [0.15, 0.2) is 0 Å². The lowest BCUT2D eigenvalue weighted by Gasteiger charge is -2.33. The third-order valence-corrected chi connectivity index (χ3v) is 5.04. The molecular weight excluding hydrogens is 316 g/mol. The van der Waals surface area contributed by atoms with Crippen LogP contribution in [0.4, 0.5) is 5.82 Å². The minimum Gasteiger partial charge on any atom is -0.372 e. The van der Waals surface area contributed by atoms with Crippen molar-refractivity contribution in [1.82, 2.24) is 14.9 Å². The van der Waals surface area contributed by atoms with Crippen molar-refractivity contribution >= 4 is 11.7 Å². The van der Waals surface area contributed by atoms with Crippen molar-refractivity contribution in [2.75, 3.05) is 44.3 Å². The number of rotatable bonds is 6. The average Bonchev–Trinajstić information content (AvgIpc) is 3.16. The highest BCUT2D eigenvalue weighted by Gasteiger charge is 2.27. The summed E-state index contributed by atoms with van der Waals surface area (Å²) < 4.78 is 5.42. The number of likely N-dealkylation sites (tertiary alicyclic amines) is 1. The standard InChI is InChI=1S/C19H30N4O2/c1-3-11-25-14-19(24)23-10-6-7-16(13-23)17-12-18(21-15(2)20-17)22-8-4-5-9-22/h12,16H,3-11,13-14H2,1-2H3/t16-/m0/s1. The Hall–Kier alpha value is -1.69. The molecule has 0 aromatic carbocycles. The van der Waals surface area contributed by atoms with Crippen molar-refractivity contribution in [2.45, 2.75) is 51.9 Å². The van der Waals surface area contributed by atoms with E-state index in [1.807, 2.05) is 11.8 Å². The highest BCUT2D eigenvalue weighted by Crippen LogP contribution is 2.28. The van der Waals surface area contributed by atoms with Gasteiger partial charge in [0.2, 0.25) is 5.91 Å². The molecule has 138 valence electrons. The van der Waals surface area contributed by atoms with Gasteiger partial charge in [0.1, 0.15) is 18.2 Å². The van der Waals surface area contributed by atoms with Gasteiger partial charge in [0, 0.05) is 44.8 Å². The van der Waals surface area contributed by atoms with Gasteiger partial charge < -0.3 is 14.5 Å². The highest BCUT2D eigenvalue weighted by atomic mass is 16.5. The maximum atomic E-state index is 12.4. The molecule has 2 aliphatic rings. The van der Waals surface area contributed by atoms with Gasteiger partial charge in [-0.05, 0) is 39.0 Å². The maximum Gasteiger partial charge on any atom is 0.248 e. The van der Waals surface area contributed by atoms with Crippen molar-refractivity contribution in [3.8, 4) is 0 Å². The fourth-order valence-electron chi connectivity index (χ4n) is 3.73. The molecule has 3 heterocycles. The molecule has 3 rings (SSSR count). The topological polar surface area (TPSA) is 58.6 Å². The zero-order valence-electron chi connectivity index (χ0n) is 15.5. The summed E-state index contributed by atoms with van der Waals surface area (Å²) in [4.78, 5) is 26.0. The zero-order chi connectivity index (χ0) is 17.6. The van der Waals surface area contributed by atoms with E-state index in [0.717, 1.165) is 62.8 Å². The summed E-state index contributed by atoms with van der Waals surface area (Å²) in [5.41, 5.74) is 1.08. The number of amides is 1. The molecule has 2 fully saturated rings. The number of hydrogen-bond acceptors (Lipinski definition) is 5. The van der Waals surface area contributed by atoms with Crippen LogP contribution in [0, 0.1) is 6.92 Å². The molecule has 2 aliphatic heterocycles. The Kier molecular flexibility index (Phi) is 6.24. The zero-order valence-corrected chi connectivity index (χ0v) is 15.5. The molecule has 6 nitrogen and oxygen atoms in total. The van der Waals surface area contributed by atoms with E-state index < -0.39 is 0 Å². The molecule has 0 unspecified atom stereocenters. The predicted molar refractivity (Wildman–Crippen MR) is 97.9 cm³/mol. The molecule has 0 radical (unpaired) electrons. The first-order chi connectivity index (χ1) is 12.2. The molecule has 1 aromatic rings. The summed E-state index contributed by atoms with van der Waals surface area (Å²) in [7, 11) is 0. The fourth-order valence-corrected chi connectivity index (χ4v) is 3.73. The number of nitrogens with zero attached hydrogens (tertiary/aromatic N) is 4. The molecule has 1 amide bonds. The van der Waals surface area contributed by atoms with Crippen LogP contribution in [0.2, 0.25) is 0 Å². The van der Waals surface area contributed by atoms with Gasteiger partial charge in [-0.25, -0.2) is 9.97 Å². The first-order valence-electron chi connectivity index (χ1n) is 9.63. The normalized spacial score (nSPS) is 21.0. The second-order valence-electron chi connectivity index (χ2n) is 7.12. The van der Waals surface area contributed by atoms with E-state index >= 15 is 0 Å². The number of carbonyl (C=O) groups excluding carboxylic acids is 1. The Morgan fingerprint density at radius 1 is 1.24 bits per heavy atom. The van der Waals surface area contributed by atoms with E-state index in [2.05, 4.69) is 22.9 Å². The van der Waals surface area contributed by atoms with Gasteiger partial charge >= 0.3 is 0 Å². The molecule has 0 spiro atoms. The maximum absolute atomic E-state index is 12.4. The van der Waals surface area contributed by atoms with E-state index in [-0.39, 0.29) is 12.5 Å². The summed E-state index contributed by atoms with van der Waals surface area (Å²) in [5, 5.41) is 0. The summed E-state index contributed by atoms with van der Waals surface area (Å²) in [6.45, 7) is 8.60. The Labute approximate surface area is 150 Å². The number of aromatic nitrogens is 2. The lowest BCUT2D eigenvalue weighted by atomic mass is 9.94. The summed E-state index contributed by atoms with van der Waals surface area (Å²) in [6, 6.07) is 2.14. The number of aryl methyl sites for hydroxylation is 1. The van der Waals surface area contributed by atoms with E-state index in [9.17, 15) is 4.79 Å². The molecule has 1 aromatic heterocycles. The smallest absolute Gasteiger partial charge is 0.248 e. The second kappa shape index (κ2) is 8.61. The molecule has 6 heteroatoms. The summed E-state index contributed by atoms with van der Waals surface area (Å²) >= 11 is 0. The van der Waals surface area contributed by atoms with Crippen molar-refractivity contribution in [1.29, 1.82) is 0 Å². The first kappa shape index (κ1) is 18.1. The van der Waals surface area contributed by atoms with Crippen LogP contribution in [0.1, 0.15) is 56.5 Å². The van der Waals surface area contributed by atoms with Crippen molar-refractivity contribution in [3.63, 3.8) is 0 Å². The molecule has 0 bridgehead atoms. The van der Waals surface area contributed by atoms with Crippen LogP contribution in [0.5, 0.6) is 0 Å². The van der Waals surface area contributed by atoms with Crippen molar-refractivity contribution < 1.29 is 9.53 Å². The third-order valence-electron chi connectivity index (χ3n) is 5.04. The molecular formula is C19H30N4O2. The third kappa shape index (κ3) is 4.69. The van der Waals surface area contributed by atoms with Crippen LogP contribution >= 0.6 is 0 Å². The van der Waals surface area contributed by atoms with Crippen molar-refractivity contribution in [3.05, 3.63) is 17.6 Å². The van der Waals surface area contributed by atoms with Crippen LogP contribution in [0.25, 0.3) is 0 Å². The molecule has 0 N–H and O–H groups in total. The van der Waals surface area contributed by atoms with Crippen LogP contribution in [0.15, 0.2) is 6.07 Å². The number of anilines is 1. The SMILES string of the molecule is CCCOCC(=O)N1CCC[C@H](c2cc(N3CCCC3)nc(C)n2)C1. The lowest BCUT2D eigenvalue weighted by molar-refractivity contribution is -0.137. The van der Waals surface area contributed by atoms with Crippen LogP contribution in [0.3, 0.4) is 0 Å². The molecule has 0 aliphatic carbocycles. The Morgan fingerprint density at radius 3 is 2.80 bits per heavy atom. The molecule has 25 heavy (non-hydrogen) atoms. The monoisotopic (exact) mass is 346 g/mol. The van der Waals surface area contributed by atoms with Gasteiger partial charge in [0.25, 0.3) is 0 Å². The number of carbonyl (C=O) groups is 1. The van der Waals surface area contributed by atoms with Crippen molar-refractivity contribution in [2.24, 2.45) is 0 Å². The molecule has 2 saturated heterocycles. The minimum atomic E-state index is 0.101. The lowest BCUT2D eigenvalue weighted by Crippen LogP contribution is -2.41. The van der Waals surface area contributed by atoms with Crippen LogP contribution in [-0.4, -0.2) is 60.2 Å². The number of piperidine rings is 1. The fraction of sp³-hybridized carbons (Fsp3) is 0.737. The largest absolute Gasteiger partial charge is 0.372 e. The van der Waals surface area contributed by atoms with E-state index in [0.29, 0.717) is 12.5 Å². The van der Waals surface area contributed by atoms with Gasteiger partial charge in [0.05, 0.1) is 5.69 Å². The van der Waals surface area contributed by atoms with Gasteiger partial charge in [-0.1, -0.05) is 6.92 Å². The molecule has 1 atom stereocenters. The van der Waals surface area contributed by atoms with Gasteiger partial charge in [-0.2, -0.15) is 0 Å². The van der Waals surface area contributed by atoms with Crippen LogP contribution in [-0.2, 0) is 9.53 Å². The Bertz CT molecular complexity index is 587. The second-order valence-corrected chi connectivity index (χ2v) is 7.12. The number of hydrogen-bond donors (Lipinski definition) is 0. The average molecular weight is 346 g/mol. The first-order valence-corrected chi connectivity index (χ1v) is 9.63. The van der Waals surface area contributed by atoms with E-state index in [1.165, 1.54) is 12.8 Å². The van der Waals surface area contributed by atoms with Gasteiger partial charge in [-0.15, -0.1) is 0 Å². The van der Waals surface area contributed by atoms with Crippen LogP contribution < -0.4 is 4.90 Å². The van der Waals surface area contributed by atoms with E-state index in [4.69, 9.17) is 9.72 Å². The highest BCUT2D eigenvalue weighted by molar-refractivity contribution is 5.77. The van der Waals surface area contributed by atoms with Gasteiger partial charge in [-0.3, -0.25) is 4.79 Å². The minimum absolute atomic E-state index is 0.101. The number of ether oxygens (including phenoxy) is 1. The summed E-state index contributed by atoms with van der Waals surface area (Å²) in [5.74, 6) is 2.28. The molecule has 0 saturated carbocycles.